The summed E-state index contributed by atoms with van der Waals surface area (Å²) in [7, 11) is 0. The van der Waals surface area contributed by atoms with E-state index in [2.05, 4.69) is 15.3 Å². The summed E-state index contributed by atoms with van der Waals surface area (Å²) in [6.45, 7) is 0.296. The molecule has 12 heteroatoms. The first kappa shape index (κ1) is 19.7. The van der Waals surface area contributed by atoms with E-state index in [-0.39, 0.29) is 0 Å². The Bertz CT molecular complexity index is 559. The number of hydrogen-bond acceptors (Lipinski definition) is 8. The fourth-order valence-electron chi connectivity index (χ4n) is 2.06. The summed E-state index contributed by atoms with van der Waals surface area (Å²) >= 11 is 0. The number of carboxylic acid groups (broad SMARTS) is 1. The Morgan fingerprint density at radius 3 is 2.54 bits per heavy atom. The highest BCUT2D eigenvalue weighted by molar-refractivity contribution is 5.85. The highest BCUT2D eigenvalue weighted by Gasteiger charge is 2.43. The van der Waals surface area contributed by atoms with Gasteiger partial charge < -0.3 is 35.6 Å². The van der Waals surface area contributed by atoms with Gasteiger partial charge in [-0.1, -0.05) is 5.11 Å². The van der Waals surface area contributed by atoms with Crippen molar-refractivity contribution in [3.05, 3.63) is 22.3 Å². The zero-order valence-electron chi connectivity index (χ0n) is 12.6. The van der Waals surface area contributed by atoms with Gasteiger partial charge >= 0.3 is 5.97 Å². The van der Waals surface area contributed by atoms with Crippen molar-refractivity contribution < 1.29 is 39.9 Å². The molecule has 12 nitrogen and oxygen atoms in total. The van der Waals surface area contributed by atoms with Gasteiger partial charge in [0, 0.05) is 4.91 Å². The number of rotatable bonds is 7. The normalized spacial score (nSPS) is 26.9. The number of nitrogens with one attached hydrogen (secondary N) is 1. The van der Waals surface area contributed by atoms with Crippen LogP contribution in [0.3, 0.4) is 0 Å². The summed E-state index contributed by atoms with van der Waals surface area (Å²) in [6.07, 6.45) is -5.60. The number of aliphatic hydroxyl groups excluding tert-OH is 4. The maximum Gasteiger partial charge on any atom is 0.370 e. The van der Waals surface area contributed by atoms with Crippen molar-refractivity contribution in [3.8, 4) is 0 Å². The van der Waals surface area contributed by atoms with E-state index in [1.807, 2.05) is 0 Å². The number of nitrogens with zero attached hydrogens (tertiary/aromatic N) is 3. The van der Waals surface area contributed by atoms with Gasteiger partial charge in [-0.2, -0.15) is 0 Å². The monoisotopic (exact) mass is 346 g/mol. The minimum absolute atomic E-state index is 0.663. The fourth-order valence-corrected chi connectivity index (χ4v) is 2.06. The maximum absolute atomic E-state index is 11.7. The molecular formula is C12H18N4O8. The molecule has 1 aliphatic heterocycles. The summed E-state index contributed by atoms with van der Waals surface area (Å²) in [5.74, 6) is -3.09. The Morgan fingerprint density at radius 1 is 1.46 bits per heavy atom. The smallest absolute Gasteiger partial charge is 0.370 e. The third kappa shape index (κ3) is 4.57. The predicted octanol–water partition coefficient (Wildman–Crippen LogP) is -2.39. The van der Waals surface area contributed by atoms with E-state index < -0.39 is 60.7 Å². The molecule has 0 saturated carbocycles. The van der Waals surface area contributed by atoms with Gasteiger partial charge in [-0.3, -0.25) is 4.79 Å². The molecule has 0 aromatic heterocycles. The second-order valence-corrected chi connectivity index (χ2v) is 5.06. The van der Waals surface area contributed by atoms with E-state index in [0.29, 0.717) is 0 Å². The first-order valence-corrected chi connectivity index (χ1v) is 6.84. The number of aliphatic carboxylic acids is 1. The standard InChI is InChI=1S/C12H18N4O8/c1-4(18)11(21)14-8-5(15-16-13)2-7(12(22)23)24-10(8)9(20)6(19)3-17/h2,4-6,8-10,17-20H,3H2,1H3,(H,14,21)(H,22,23)/t4?,5-,6+,8+,9+,10+/m0/s1. The van der Waals surface area contributed by atoms with Gasteiger partial charge in [0.05, 0.1) is 18.7 Å². The average molecular weight is 346 g/mol. The van der Waals surface area contributed by atoms with Crippen LogP contribution in [-0.4, -0.2) is 80.5 Å². The number of amides is 1. The molecule has 0 fully saturated rings. The number of carbonyl (C=O) groups is 2. The van der Waals surface area contributed by atoms with E-state index >= 15 is 0 Å². The first-order chi connectivity index (χ1) is 11.2. The second-order valence-electron chi connectivity index (χ2n) is 5.06. The molecule has 1 amide bonds. The average Bonchev–Trinajstić information content (AvgIpc) is 2.54. The lowest BCUT2D eigenvalue weighted by Crippen LogP contribution is -2.60. The minimum Gasteiger partial charge on any atom is -0.478 e. The Kier molecular flexibility index (Phi) is 6.95. The van der Waals surface area contributed by atoms with E-state index in [9.17, 15) is 24.9 Å². The quantitative estimate of drug-likeness (QED) is 0.166. The number of carboxylic acids is 1. The third-order valence-electron chi connectivity index (χ3n) is 3.31. The van der Waals surface area contributed by atoms with Crippen LogP contribution in [0.2, 0.25) is 0 Å². The van der Waals surface area contributed by atoms with Crippen molar-refractivity contribution in [2.45, 2.75) is 43.4 Å². The summed E-state index contributed by atoms with van der Waals surface area (Å²) in [5, 5.41) is 52.4. The van der Waals surface area contributed by atoms with E-state index in [1.54, 1.807) is 0 Å². The Morgan fingerprint density at radius 2 is 2.08 bits per heavy atom. The van der Waals surface area contributed by atoms with E-state index in [0.717, 1.165) is 13.0 Å². The molecule has 6 atom stereocenters. The molecule has 1 aliphatic rings. The van der Waals surface area contributed by atoms with Gasteiger partial charge in [-0.05, 0) is 18.5 Å². The van der Waals surface area contributed by atoms with Crippen molar-refractivity contribution in [2.24, 2.45) is 5.11 Å². The lowest BCUT2D eigenvalue weighted by atomic mass is 9.92. The number of carbonyl (C=O) groups excluding carboxylic acids is 1. The molecule has 24 heavy (non-hydrogen) atoms. The molecule has 0 bridgehead atoms. The highest BCUT2D eigenvalue weighted by Crippen LogP contribution is 2.25. The van der Waals surface area contributed by atoms with Crippen molar-refractivity contribution >= 4 is 11.9 Å². The largest absolute Gasteiger partial charge is 0.478 e. The molecule has 1 heterocycles. The van der Waals surface area contributed by atoms with Gasteiger partial charge in [0.2, 0.25) is 11.7 Å². The number of hydrogen-bond donors (Lipinski definition) is 6. The summed E-state index contributed by atoms with van der Waals surface area (Å²) < 4.78 is 5.06. The second kappa shape index (κ2) is 8.47. The molecule has 134 valence electrons. The molecule has 6 N–H and O–H groups in total. The number of azide groups is 1. The van der Waals surface area contributed by atoms with Crippen LogP contribution in [0.5, 0.6) is 0 Å². The number of ether oxygens (including phenoxy) is 1. The van der Waals surface area contributed by atoms with Crippen LogP contribution in [0.25, 0.3) is 10.4 Å². The van der Waals surface area contributed by atoms with Gasteiger partial charge in [-0.15, -0.1) is 0 Å². The van der Waals surface area contributed by atoms with Crippen molar-refractivity contribution in [2.75, 3.05) is 6.61 Å². The van der Waals surface area contributed by atoms with Gasteiger partial charge in [0.1, 0.15) is 24.4 Å². The predicted molar refractivity (Wildman–Crippen MR) is 76.2 cm³/mol. The first-order valence-electron chi connectivity index (χ1n) is 6.84. The van der Waals surface area contributed by atoms with Gasteiger partial charge in [0.15, 0.2) is 0 Å². The SMILES string of the molecule is CC(O)C(=O)N[C@H]1[C@H]([C@H](O)[C@H](O)CO)OC(C(=O)O)=C[C@@H]1N=[N+]=[N-]. The molecule has 0 saturated heterocycles. The van der Waals surface area contributed by atoms with Gasteiger partial charge in [-0.25, -0.2) is 4.79 Å². The lowest BCUT2D eigenvalue weighted by molar-refractivity contribution is -0.146. The van der Waals surface area contributed by atoms with Crippen LogP contribution in [0.15, 0.2) is 16.9 Å². The Balaban J connectivity index is 3.26. The highest BCUT2D eigenvalue weighted by atomic mass is 16.5. The van der Waals surface area contributed by atoms with E-state index in [1.165, 1.54) is 0 Å². The minimum atomic E-state index is -1.81. The molecule has 0 aromatic carbocycles. The summed E-state index contributed by atoms with van der Waals surface area (Å²) in [5.41, 5.74) is 8.61. The zero-order chi connectivity index (χ0) is 18.4. The van der Waals surface area contributed by atoms with Crippen LogP contribution in [0, 0.1) is 0 Å². The number of aliphatic hydroxyl groups is 4. The van der Waals surface area contributed by atoms with Crippen LogP contribution in [0.4, 0.5) is 0 Å². The van der Waals surface area contributed by atoms with E-state index in [4.69, 9.17) is 20.5 Å². The maximum atomic E-state index is 11.7. The van der Waals surface area contributed by atoms with Gasteiger partial charge in [0.25, 0.3) is 0 Å². The van der Waals surface area contributed by atoms with Crippen LogP contribution < -0.4 is 5.32 Å². The Labute approximate surface area is 135 Å². The summed E-state index contributed by atoms with van der Waals surface area (Å²) in [6, 6.07) is -2.56. The van der Waals surface area contributed by atoms with Crippen molar-refractivity contribution in [1.29, 1.82) is 0 Å². The topological polar surface area (TPSA) is 205 Å². The molecule has 0 aromatic rings. The van der Waals surface area contributed by atoms with Crippen molar-refractivity contribution in [1.82, 2.24) is 5.32 Å². The molecule has 1 unspecified atom stereocenters. The van der Waals surface area contributed by atoms with Crippen LogP contribution >= 0.6 is 0 Å². The molecule has 0 radical (unpaired) electrons. The molecule has 0 spiro atoms. The molecule has 0 aliphatic carbocycles. The molecule has 1 rings (SSSR count). The van der Waals surface area contributed by atoms with Crippen LogP contribution in [-0.2, 0) is 14.3 Å². The van der Waals surface area contributed by atoms with Crippen molar-refractivity contribution in [3.63, 3.8) is 0 Å². The third-order valence-corrected chi connectivity index (χ3v) is 3.31. The lowest BCUT2D eigenvalue weighted by Gasteiger charge is -2.38. The Hall–Kier alpha value is -2.37. The fraction of sp³-hybridized carbons (Fsp3) is 0.667. The summed E-state index contributed by atoms with van der Waals surface area (Å²) in [4.78, 5) is 25.3. The zero-order valence-corrected chi connectivity index (χ0v) is 12.6. The molecular weight excluding hydrogens is 328 g/mol. The van der Waals surface area contributed by atoms with Crippen LogP contribution in [0.1, 0.15) is 6.92 Å².